The topological polar surface area (TPSA) is 228 Å². The van der Waals surface area contributed by atoms with Crippen LogP contribution >= 0.6 is 0 Å². The van der Waals surface area contributed by atoms with Gasteiger partial charge in [-0.3, -0.25) is 20.2 Å². The Bertz CT molecular complexity index is 2200. The third-order valence-corrected chi connectivity index (χ3v) is 6.55. The smallest absolute Gasteiger partial charge is 0.871 e. The largest absolute Gasteiger partial charge is 3.00 e. The zero-order chi connectivity index (χ0) is 32.8. The predicted octanol–water partition coefficient (Wildman–Crippen LogP) is 3.62. The zero-order valence-electron chi connectivity index (χ0n) is 24.7. The van der Waals surface area contributed by atoms with Crippen molar-refractivity contribution in [1.82, 2.24) is 0 Å². The fourth-order valence-electron chi connectivity index (χ4n) is 4.28. The average Bonchev–Trinajstić information content (AvgIpc) is 3.05. The van der Waals surface area contributed by atoms with E-state index < -0.39 is 21.3 Å². The van der Waals surface area contributed by atoms with E-state index in [1.165, 1.54) is 18.2 Å². The first-order valence-electron chi connectivity index (χ1n) is 13.2. The Morgan fingerprint density at radius 1 is 0.458 bits per heavy atom. The minimum Gasteiger partial charge on any atom is -0.871 e. The summed E-state index contributed by atoms with van der Waals surface area (Å²) >= 11 is 0. The van der Waals surface area contributed by atoms with E-state index in [-0.39, 0.29) is 92.5 Å². The summed E-state index contributed by atoms with van der Waals surface area (Å²) < 4.78 is 0. The fraction of sp³-hybridized carbons (Fsp3) is 0. The van der Waals surface area contributed by atoms with Gasteiger partial charge in [-0.15, -0.1) is 0 Å². The molecule has 0 unspecified atom stereocenters. The summed E-state index contributed by atoms with van der Waals surface area (Å²) in [5.41, 5.74) is -0.619. The van der Waals surface area contributed by atoms with E-state index in [0.717, 1.165) is 41.1 Å². The third kappa shape index (κ3) is 8.48. The molecule has 0 saturated carbocycles. The van der Waals surface area contributed by atoms with E-state index in [2.05, 4.69) is 20.5 Å². The zero-order valence-corrected chi connectivity index (χ0v) is 28.0. The van der Waals surface area contributed by atoms with Crippen LogP contribution in [-0.4, -0.2) is 9.85 Å². The van der Waals surface area contributed by atoms with Gasteiger partial charge in [0.25, 0.3) is 11.4 Å². The van der Waals surface area contributed by atoms with E-state index in [1.807, 2.05) is 24.3 Å². The molecule has 6 aromatic carbocycles. The van der Waals surface area contributed by atoms with Gasteiger partial charge in [-0.05, 0) is 16.8 Å². The van der Waals surface area contributed by atoms with Crippen LogP contribution in [0.15, 0.2) is 130 Å². The number of benzene rings is 6. The van der Waals surface area contributed by atoms with Gasteiger partial charge in [-0.2, -0.15) is 20.5 Å². The Hall–Kier alpha value is -5.43. The molecule has 0 N–H and O–H groups in total. The van der Waals surface area contributed by atoms with Gasteiger partial charge in [0, 0.05) is 35.0 Å². The Balaban J connectivity index is 0.000000250. The Labute approximate surface area is 304 Å². The normalized spacial score (nSPS) is 10.7. The molecule has 0 aliphatic carbocycles. The Kier molecular flexibility index (Phi) is 12.7. The minimum absolute atomic E-state index is 0. The molecule has 0 amide bonds. The SMILES string of the molecule is O=[N+]([O-])c1ccc(N=Nc2c([O-])ccc3ccccc23)c([O-])c1.O=[N+]([O-])c1ccc([O-])c(N=Nc2c([O-])ccc3ccccc23)c1.[Cr+3].[Na+]. The molecule has 0 aliphatic heterocycles. The number of rotatable bonds is 6. The molecule has 0 saturated heterocycles. The first-order chi connectivity index (χ1) is 22.1. The van der Waals surface area contributed by atoms with E-state index >= 15 is 0 Å². The van der Waals surface area contributed by atoms with Crippen LogP contribution in [-0.2, 0) is 17.4 Å². The number of nitro benzene ring substituents is 2. The molecule has 0 atom stereocenters. The molecule has 0 bridgehead atoms. The summed E-state index contributed by atoms with van der Waals surface area (Å²) in [4.78, 5) is 20.1. The maximum atomic E-state index is 12.0. The second-order valence-corrected chi connectivity index (χ2v) is 9.49. The van der Waals surface area contributed by atoms with Crippen LogP contribution in [0, 0.1) is 20.2 Å². The number of hydrogen-bond donors (Lipinski definition) is 0. The maximum Gasteiger partial charge on any atom is 3.00 e. The Morgan fingerprint density at radius 2 is 0.896 bits per heavy atom. The van der Waals surface area contributed by atoms with Gasteiger partial charge in [-0.25, -0.2) is 0 Å². The predicted molar refractivity (Wildman–Crippen MR) is 160 cm³/mol. The van der Waals surface area contributed by atoms with Gasteiger partial charge in [-0.1, -0.05) is 102 Å². The number of non-ortho nitro benzene ring substituents is 2. The van der Waals surface area contributed by atoms with Crippen molar-refractivity contribution >= 4 is 55.7 Å². The number of hydrogen-bond acceptors (Lipinski definition) is 12. The second kappa shape index (κ2) is 16.4. The molecule has 6 rings (SSSR count). The molecule has 6 aromatic rings. The van der Waals surface area contributed by atoms with Crippen molar-refractivity contribution in [3.63, 3.8) is 0 Å². The standard InChI is InChI=1S/2C16H11N3O4.Cr.Na/c20-14-8-5-10-3-1-2-4-12(10)16(14)18-17-13-7-6-11(19(22)23)9-15(13)21;20-14-8-6-11(19(22)23)9-13(14)17-18-16-12-4-2-1-3-10(12)5-7-15(16)21;;/h2*1-9,20-21H;;/q;;+3;+1/p-4. The van der Waals surface area contributed by atoms with Crippen molar-refractivity contribution in [2.75, 3.05) is 0 Å². The molecule has 0 spiro atoms. The first-order valence-corrected chi connectivity index (χ1v) is 13.2. The van der Waals surface area contributed by atoms with Crippen LogP contribution in [0.4, 0.5) is 34.1 Å². The third-order valence-electron chi connectivity index (χ3n) is 6.55. The molecule has 16 heteroatoms. The summed E-state index contributed by atoms with van der Waals surface area (Å²) in [6, 6.07) is 26.8. The van der Waals surface area contributed by atoms with E-state index in [9.17, 15) is 40.7 Å². The summed E-state index contributed by atoms with van der Waals surface area (Å²) in [5.74, 6) is -1.80. The van der Waals surface area contributed by atoms with Gasteiger partial charge >= 0.3 is 46.9 Å². The monoisotopic (exact) mass is 689 g/mol. The quantitative estimate of drug-likeness (QED) is 0.108. The van der Waals surface area contributed by atoms with Gasteiger partial charge < -0.3 is 20.4 Å². The van der Waals surface area contributed by atoms with Crippen molar-refractivity contribution < 1.29 is 77.2 Å². The van der Waals surface area contributed by atoms with Crippen LogP contribution < -0.4 is 50.0 Å². The average molecular weight is 690 g/mol. The van der Waals surface area contributed by atoms with Crippen LogP contribution in [0.3, 0.4) is 0 Å². The van der Waals surface area contributed by atoms with E-state index in [0.29, 0.717) is 10.8 Å². The second-order valence-electron chi connectivity index (χ2n) is 9.49. The molecular weight excluding hydrogens is 671 g/mol. The number of azo groups is 2. The van der Waals surface area contributed by atoms with Gasteiger partial charge in [0.1, 0.15) is 0 Å². The summed E-state index contributed by atoms with van der Waals surface area (Å²) in [6.07, 6.45) is 0. The van der Waals surface area contributed by atoms with E-state index in [1.54, 1.807) is 36.4 Å². The molecule has 48 heavy (non-hydrogen) atoms. The van der Waals surface area contributed by atoms with Crippen LogP contribution in [0.2, 0.25) is 0 Å². The van der Waals surface area contributed by atoms with Crippen molar-refractivity contribution in [3.8, 4) is 23.0 Å². The molecule has 1 radical (unpaired) electrons. The van der Waals surface area contributed by atoms with Crippen LogP contribution in [0.5, 0.6) is 23.0 Å². The minimum atomic E-state index is -0.664. The number of nitrogens with zero attached hydrogens (tertiary/aromatic N) is 6. The number of nitro groups is 2. The van der Waals surface area contributed by atoms with Gasteiger partial charge in [0.05, 0.1) is 32.6 Å². The number of fused-ring (bicyclic) bond motifs is 2. The molecule has 0 aromatic heterocycles. The molecular formula is C32H18CrN6NaO8. The van der Waals surface area contributed by atoms with Gasteiger partial charge in [0.15, 0.2) is 0 Å². The van der Waals surface area contributed by atoms with Crippen molar-refractivity contribution in [3.05, 3.63) is 129 Å². The van der Waals surface area contributed by atoms with Gasteiger partial charge in [0.2, 0.25) is 0 Å². The van der Waals surface area contributed by atoms with Crippen molar-refractivity contribution in [1.29, 1.82) is 0 Å². The van der Waals surface area contributed by atoms with Crippen molar-refractivity contribution in [2.45, 2.75) is 0 Å². The fourth-order valence-corrected chi connectivity index (χ4v) is 4.28. The molecule has 14 nitrogen and oxygen atoms in total. The van der Waals surface area contributed by atoms with Crippen LogP contribution in [0.1, 0.15) is 0 Å². The summed E-state index contributed by atoms with van der Waals surface area (Å²) in [5, 5.41) is 86.9. The molecule has 0 aliphatic rings. The summed E-state index contributed by atoms with van der Waals surface area (Å²) in [6.45, 7) is 0. The summed E-state index contributed by atoms with van der Waals surface area (Å²) in [7, 11) is 0. The van der Waals surface area contributed by atoms with Crippen LogP contribution in [0.25, 0.3) is 21.5 Å². The maximum absolute atomic E-state index is 12.0. The first kappa shape index (κ1) is 37.0. The van der Waals surface area contributed by atoms with Crippen molar-refractivity contribution in [2.24, 2.45) is 20.5 Å². The van der Waals surface area contributed by atoms with E-state index in [4.69, 9.17) is 0 Å². The Morgan fingerprint density at radius 3 is 1.40 bits per heavy atom. The molecule has 0 heterocycles. The molecule has 231 valence electrons. The molecule has 0 fully saturated rings.